The number of hydrogen-bond donors (Lipinski definition) is 2. The quantitative estimate of drug-likeness (QED) is 0.801. The van der Waals surface area contributed by atoms with Crippen molar-refractivity contribution in [2.45, 2.75) is 13.0 Å². The maximum Gasteiger partial charge on any atom is 0.253 e. The molecule has 106 valence electrons. The number of thiocarbonyl (C=S) groups is 1. The molecule has 0 saturated carbocycles. The molecule has 0 unspecified atom stereocenters. The summed E-state index contributed by atoms with van der Waals surface area (Å²) < 4.78 is 0.944. The zero-order valence-electron chi connectivity index (χ0n) is 11.5. The molecule has 1 amide bonds. The second-order valence-corrected chi connectivity index (χ2v) is 6.05. The molecule has 0 aromatic heterocycles. The van der Waals surface area contributed by atoms with E-state index in [0.717, 1.165) is 15.7 Å². The lowest BCUT2D eigenvalue weighted by atomic mass is 9.95. The van der Waals surface area contributed by atoms with Crippen molar-refractivity contribution in [2.75, 3.05) is 14.1 Å². The minimum atomic E-state index is -0.255. The minimum absolute atomic E-state index is 0.0363. The number of allylic oxidation sites excluding steroid dienone is 1. The van der Waals surface area contributed by atoms with Crippen LogP contribution in [-0.2, 0) is 4.79 Å². The van der Waals surface area contributed by atoms with E-state index < -0.39 is 0 Å². The molecule has 1 aromatic rings. The minimum Gasteiger partial charge on any atom is -0.351 e. The van der Waals surface area contributed by atoms with Gasteiger partial charge in [0, 0.05) is 24.3 Å². The van der Waals surface area contributed by atoms with Gasteiger partial charge in [0.2, 0.25) is 0 Å². The molecule has 0 spiro atoms. The van der Waals surface area contributed by atoms with Crippen LogP contribution < -0.4 is 10.6 Å². The Morgan fingerprint density at radius 1 is 1.35 bits per heavy atom. The van der Waals surface area contributed by atoms with E-state index in [1.165, 1.54) is 0 Å². The van der Waals surface area contributed by atoms with Crippen LogP contribution in [0.3, 0.4) is 0 Å². The number of nitrogens with zero attached hydrogens (tertiary/aromatic N) is 1. The first-order valence-corrected chi connectivity index (χ1v) is 7.36. The summed E-state index contributed by atoms with van der Waals surface area (Å²) in [5.74, 6) is -0.0363. The van der Waals surface area contributed by atoms with E-state index in [4.69, 9.17) is 12.2 Å². The number of amides is 1. The Labute approximate surface area is 132 Å². The van der Waals surface area contributed by atoms with Gasteiger partial charge in [0.1, 0.15) is 0 Å². The molecule has 2 N–H and O–H groups in total. The molecule has 0 bridgehead atoms. The fourth-order valence-electron chi connectivity index (χ4n) is 2.16. The molecule has 0 radical (unpaired) electrons. The summed E-state index contributed by atoms with van der Waals surface area (Å²) in [6.07, 6.45) is 0. The highest BCUT2D eigenvalue weighted by molar-refractivity contribution is 9.10. The zero-order valence-corrected chi connectivity index (χ0v) is 13.9. The molecular weight excluding hydrogens is 338 g/mol. The van der Waals surface area contributed by atoms with Gasteiger partial charge in [0.25, 0.3) is 5.91 Å². The molecular formula is C14H16BrN3OS. The van der Waals surface area contributed by atoms with Crippen molar-refractivity contribution in [1.29, 1.82) is 0 Å². The summed E-state index contributed by atoms with van der Waals surface area (Å²) in [5, 5.41) is 6.72. The average Bonchev–Trinajstić information content (AvgIpc) is 2.37. The van der Waals surface area contributed by atoms with E-state index in [2.05, 4.69) is 26.6 Å². The molecule has 20 heavy (non-hydrogen) atoms. The van der Waals surface area contributed by atoms with Gasteiger partial charge in [-0.25, -0.2) is 0 Å². The number of carbonyl (C=O) groups excluding carboxylic acids is 1. The summed E-state index contributed by atoms with van der Waals surface area (Å²) in [7, 11) is 3.49. The lowest BCUT2D eigenvalue weighted by Crippen LogP contribution is -2.46. The summed E-state index contributed by atoms with van der Waals surface area (Å²) in [6.45, 7) is 1.87. The second kappa shape index (κ2) is 5.93. The van der Waals surface area contributed by atoms with Crippen LogP contribution in [0.15, 0.2) is 40.0 Å². The van der Waals surface area contributed by atoms with E-state index in [1.807, 2.05) is 31.2 Å². The molecule has 1 heterocycles. The first-order chi connectivity index (χ1) is 9.41. The van der Waals surface area contributed by atoms with Gasteiger partial charge in [0.15, 0.2) is 5.11 Å². The highest BCUT2D eigenvalue weighted by Gasteiger charge is 2.31. The highest BCUT2D eigenvalue weighted by Crippen LogP contribution is 2.32. The molecule has 4 nitrogen and oxygen atoms in total. The third-order valence-corrected chi connectivity index (χ3v) is 4.06. The summed E-state index contributed by atoms with van der Waals surface area (Å²) in [5.41, 5.74) is 2.45. The molecule has 1 aliphatic heterocycles. The first kappa shape index (κ1) is 15.0. The van der Waals surface area contributed by atoms with Crippen LogP contribution in [0.5, 0.6) is 0 Å². The first-order valence-electron chi connectivity index (χ1n) is 6.16. The third kappa shape index (κ3) is 2.86. The third-order valence-electron chi connectivity index (χ3n) is 3.12. The van der Waals surface area contributed by atoms with Crippen molar-refractivity contribution in [3.63, 3.8) is 0 Å². The van der Waals surface area contributed by atoms with Gasteiger partial charge in [-0.2, -0.15) is 0 Å². The van der Waals surface area contributed by atoms with Crippen LogP contribution >= 0.6 is 28.1 Å². The molecule has 0 saturated heterocycles. The van der Waals surface area contributed by atoms with Crippen LogP contribution in [0.1, 0.15) is 18.5 Å². The van der Waals surface area contributed by atoms with Crippen molar-refractivity contribution in [3.8, 4) is 0 Å². The zero-order chi connectivity index (χ0) is 14.9. The number of nitrogens with one attached hydrogen (secondary N) is 2. The van der Waals surface area contributed by atoms with E-state index in [1.54, 1.807) is 19.0 Å². The van der Waals surface area contributed by atoms with Crippen LogP contribution in [0.2, 0.25) is 0 Å². The summed E-state index contributed by atoms with van der Waals surface area (Å²) >= 11 is 8.75. The van der Waals surface area contributed by atoms with E-state index in [-0.39, 0.29) is 11.9 Å². The van der Waals surface area contributed by atoms with Crippen LogP contribution in [-0.4, -0.2) is 30.0 Å². The lowest BCUT2D eigenvalue weighted by molar-refractivity contribution is -0.125. The van der Waals surface area contributed by atoms with Gasteiger partial charge in [0.05, 0.1) is 11.6 Å². The van der Waals surface area contributed by atoms with Crippen molar-refractivity contribution in [3.05, 3.63) is 45.6 Å². The smallest absolute Gasteiger partial charge is 0.253 e. The van der Waals surface area contributed by atoms with E-state index in [0.29, 0.717) is 10.7 Å². The molecule has 6 heteroatoms. The maximum atomic E-state index is 12.4. The molecule has 1 aliphatic rings. The van der Waals surface area contributed by atoms with Crippen molar-refractivity contribution < 1.29 is 4.79 Å². The van der Waals surface area contributed by atoms with E-state index in [9.17, 15) is 4.79 Å². The van der Waals surface area contributed by atoms with E-state index >= 15 is 0 Å². The molecule has 0 aliphatic carbocycles. The fourth-order valence-corrected chi connectivity index (χ4v) is 2.95. The topological polar surface area (TPSA) is 44.4 Å². The summed E-state index contributed by atoms with van der Waals surface area (Å²) in [6, 6.07) is 7.56. The van der Waals surface area contributed by atoms with Gasteiger partial charge in [-0.3, -0.25) is 4.79 Å². The van der Waals surface area contributed by atoms with Crippen molar-refractivity contribution in [2.24, 2.45) is 0 Å². The SMILES string of the molecule is CC1=C(C(=O)N(C)C)[C@H](c2ccccc2Br)NC(=S)N1. The number of hydrogen-bond acceptors (Lipinski definition) is 2. The maximum absolute atomic E-state index is 12.4. The lowest BCUT2D eigenvalue weighted by Gasteiger charge is -2.32. The standard InChI is InChI=1S/C14H16BrN3OS/c1-8-11(13(19)18(2)3)12(17-14(20)16-8)9-6-4-5-7-10(9)15/h4-7,12H,1-3H3,(H2,16,17,20)/t12-/m0/s1. The predicted molar refractivity (Wildman–Crippen MR) is 87.1 cm³/mol. The van der Waals surface area contributed by atoms with Crippen LogP contribution in [0, 0.1) is 0 Å². The van der Waals surface area contributed by atoms with Crippen LogP contribution in [0.25, 0.3) is 0 Å². The Bertz CT molecular complexity index is 598. The van der Waals surface area contributed by atoms with Gasteiger partial charge >= 0.3 is 0 Å². The predicted octanol–water partition coefficient (Wildman–Crippen LogP) is 2.33. The van der Waals surface area contributed by atoms with Gasteiger partial charge in [-0.05, 0) is 30.8 Å². The molecule has 1 atom stereocenters. The molecule has 1 aromatic carbocycles. The average molecular weight is 354 g/mol. The Kier molecular flexibility index (Phi) is 4.45. The summed E-state index contributed by atoms with van der Waals surface area (Å²) in [4.78, 5) is 14.0. The Balaban J connectivity index is 2.54. The van der Waals surface area contributed by atoms with Gasteiger partial charge in [-0.1, -0.05) is 34.1 Å². The normalized spacial score (nSPS) is 18.4. The molecule has 0 fully saturated rings. The Morgan fingerprint density at radius 3 is 2.60 bits per heavy atom. The Morgan fingerprint density at radius 2 is 2.00 bits per heavy atom. The second-order valence-electron chi connectivity index (χ2n) is 4.79. The van der Waals surface area contributed by atoms with Crippen molar-refractivity contribution in [1.82, 2.24) is 15.5 Å². The van der Waals surface area contributed by atoms with Gasteiger partial charge < -0.3 is 15.5 Å². The van der Waals surface area contributed by atoms with Gasteiger partial charge in [-0.15, -0.1) is 0 Å². The Hall–Kier alpha value is -1.40. The molecule has 2 rings (SSSR count). The number of rotatable bonds is 2. The fraction of sp³-hybridized carbons (Fsp3) is 0.286. The number of halogens is 1. The van der Waals surface area contributed by atoms with Crippen molar-refractivity contribution >= 4 is 39.2 Å². The largest absolute Gasteiger partial charge is 0.351 e. The number of carbonyl (C=O) groups is 1. The number of benzene rings is 1. The highest BCUT2D eigenvalue weighted by atomic mass is 79.9. The number of likely N-dealkylation sites (N-methyl/N-ethyl adjacent to an activating group) is 1. The van der Waals surface area contributed by atoms with Crippen LogP contribution in [0.4, 0.5) is 0 Å². The monoisotopic (exact) mass is 353 g/mol.